The van der Waals surface area contributed by atoms with Crippen LogP contribution in [0.15, 0.2) is 60.2 Å². The summed E-state index contributed by atoms with van der Waals surface area (Å²) in [6.07, 6.45) is 2.20. The number of halogens is 1. The van der Waals surface area contributed by atoms with Crippen LogP contribution in [-0.2, 0) is 0 Å². The fourth-order valence-electron chi connectivity index (χ4n) is 3.10. The highest BCUT2D eigenvalue weighted by atomic mass is 32.1. The van der Waals surface area contributed by atoms with Crippen LogP contribution in [0.5, 0.6) is 5.75 Å². The third-order valence-electron chi connectivity index (χ3n) is 4.57. The van der Waals surface area contributed by atoms with Crippen molar-refractivity contribution >= 4 is 33.3 Å². The molecule has 0 aliphatic heterocycles. The van der Waals surface area contributed by atoms with Gasteiger partial charge in [0.25, 0.3) is 5.91 Å². The normalized spacial score (nSPS) is 10.8. The van der Waals surface area contributed by atoms with Crippen LogP contribution in [0, 0.1) is 5.82 Å². The van der Waals surface area contributed by atoms with Gasteiger partial charge in [0, 0.05) is 29.6 Å². The Hall–Kier alpha value is -3.52. The number of aromatic hydroxyl groups is 1. The van der Waals surface area contributed by atoms with Crippen molar-refractivity contribution in [3.8, 4) is 16.9 Å². The third kappa shape index (κ3) is 4.38. The molecule has 1 amide bonds. The number of thiophene rings is 1. The average molecular weight is 422 g/mol. The van der Waals surface area contributed by atoms with E-state index in [1.807, 2.05) is 5.38 Å². The minimum Gasteiger partial charge on any atom is -0.508 e. The molecule has 0 spiro atoms. The Morgan fingerprint density at radius 2 is 1.93 bits per heavy atom. The molecule has 8 heteroatoms. The number of hydrogen-bond donors (Lipinski definition) is 3. The van der Waals surface area contributed by atoms with Crippen molar-refractivity contribution in [2.24, 2.45) is 0 Å². The average Bonchev–Trinajstić information content (AvgIpc) is 3.19. The molecule has 0 radical (unpaired) electrons. The van der Waals surface area contributed by atoms with Crippen molar-refractivity contribution in [3.63, 3.8) is 0 Å². The van der Waals surface area contributed by atoms with E-state index in [9.17, 15) is 14.3 Å². The van der Waals surface area contributed by atoms with Crippen molar-refractivity contribution < 1.29 is 14.3 Å². The predicted octanol–water partition coefficient (Wildman–Crippen LogP) is 4.44. The number of anilines is 1. The van der Waals surface area contributed by atoms with Crippen LogP contribution in [0.1, 0.15) is 16.8 Å². The number of amides is 1. The SMILES string of the molecule is O=C(NCCCNc1ncnc2scc(-c3ccc(F)cc3)c12)c1cccc(O)c1. The number of benzene rings is 2. The van der Waals surface area contributed by atoms with Crippen molar-refractivity contribution in [1.82, 2.24) is 15.3 Å². The Labute approximate surface area is 176 Å². The molecule has 0 fully saturated rings. The Bertz CT molecular complexity index is 1180. The highest BCUT2D eigenvalue weighted by molar-refractivity contribution is 7.17. The molecule has 0 saturated carbocycles. The van der Waals surface area contributed by atoms with Gasteiger partial charge in [-0.05, 0) is 42.3 Å². The first-order chi connectivity index (χ1) is 14.6. The van der Waals surface area contributed by atoms with Gasteiger partial charge >= 0.3 is 0 Å². The van der Waals surface area contributed by atoms with Crippen molar-refractivity contribution in [3.05, 3.63) is 71.6 Å². The van der Waals surface area contributed by atoms with Crippen LogP contribution in [0.25, 0.3) is 21.3 Å². The molecule has 6 nitrogen and oxygen atoms in total. The lowest BCUT2D eigenvalue weighted by molar-refractivity contribution is 0.0953. The summed E-state index contributed by atoms with van der Waals surface area (Å²) >= 11 is 1.51. The summed E-state index contributed by atoms with van der Waals surface area (Å²) in [7, 11) is 0. The molecule has 0 atom stereocenters. The van der Waals surface area contributed by atoms with E-state index in [0.29, 0.717) is 30.9 Å². The molecule has 0 aliphatic rings. The quantitative estimate of drug-likeness (QED) is 0.384. The molecule has 2 aromatic heterocycles. The smallest absolute Gasteiger partial charge is 0.251 e. The van der Waals surface area contributed by atoms with E-state index in [2.05, 4.69) is 20.6 Å². The van der Waals surface area contributed by atoms with Gasteiger partial charge in [0.1, 0.15) is 28.5 Å². The number of nitrogens with one attached hydrogen (secondary N) is 2. The molecular weight excluding hydrogens is 403 g/mol. The van der Waals surface area contributed by atoms with Gasteiger partial charge in [-0.1, -0.05) is 18.2 Å². The molecule has 3 N–H and O–H groups in total. The molecule has 0 aliphatic carbocycles. The number of hydrogen-bond acceptors (Lipinski definition) is 6. The van der Waals surface area contributed by atoms with Crippen LogP contribution >= 0.6 is 11.3 Å². The Morgan fingerprint density at radius 1 is 1.10 bits per heavy atom. The number of phenolic OH excluding ortho intramolecular Hbond substituents is 1. The summed E-state index contributed by atoms with van der Waals surface area (Å²) in [5.74, 6) is 0.261. The number of aromatic nitrogens is 2. The summed E-state index contributed by atoms with van der Waals surface area (Å²) in [5.41, 5.74) is 2.27. The molecule has 4 aromatic rings. The number of rotatable bonds is 7. The number of fused-ring (bicyclic) bond motifs is 1. The van der Waals surface area contributed by atoms with Gasteiger partial charge in [0.15, 0.2) is 0 Å². The van der Waals surface area contributed by atoms with Gasteiger partial charge in [0.05, 0.1) is 5.39 Å². The van der Waals surface area contributed by atoms with Crippen molar-refractivity contribution in [2.45, 2.75) is 6.42 Å². The molecule has 4 rings (SSSR count). The van der Waals surface area contributed by atoms with Gasteiger partial charge in [-0.25, -0.2) is 14.4 Å². The lowest BCUT2D eigenvalue weighted by Gasteiger charge is -2.09. The molecule has 0 bridgehead atoms. The number of carbonyl (C=O) groups excluding carboxylic acids is 1. The molecular formula is C22H19FN4O2S. The maximum atomic E-state index is 13.3. The van der Waals surface area contributed by atoms with Crippen molar-refractivity contribution in [1.29, 1.82) is 0 Å². The van der Waals surface area contributed by atoms with Gasteiger partial charge in [0.2, 0.25) is 0 Å². The van der Waals surface area contributed by atoms with E-state index in [0.717, 1.165) is 21.3 Å². The summed E-state index contributed by atoms with van der Waals surface area (Å²) < 4.78 is 13.3. The fourth-order valence-corrected chi connectivity index (χ4v) is 4.01. The van der Waals surface area contributed by atoms with Crippen LogP contribution in [0.2, 0.25) is 0 Å². The molecule has 152 valence electrons. The van der Waals surface area contributed by atoms with Gasteiger partial charge in [-0.15, -0.1) is 11.3 Å². The monoisotopic (exact) mass is 422 g/mol. The first-order valence-corrected chi connectivity index (χ1v) is 10.3. The van der Waals surface area contributed by atoms with Gasteiger partial charge in [-0.2, -0.15) is 0 Å². The second-order valence-electron chi connectivity index (χ2n) is 6.65. The topological polar surface area (TPSA) is 87.1 Å². The first-order valence-electron chi connectivity index (χ1n) is 9.41. The molecule has 2 aromatic carbocycles. The lowest BCUT2D eigenvalue weighted by Crippen LogP contribution is -2.25. The van der Waals surface area contributed by atoms with Gasteiger partial charge < -0.3 is 15.7 Å². The zero-order valence-electron chi connectivity index (χ0n) is 15.9. The highest BCUT2D eigenvalue weighted by Gasteiger charge is 2.13. The van der Waals surface area contributed by atoms with E-state index in [4.69, 9.17) is 0 Å². The first kappa shape index (κ1) is 19.8. The Balaban J connectivity index is 1.39. The van der Waals surface area contributed by atoms with Crippen LogP contribution in [0.3, 0.4) is 0 Å². The highest BCUT2D eigenvalue weighted by Crippen LogP contribution is 2.36. The Morgan fingerprint density at radius 3 is 2.73 bits per heavy atom. The molecule has 0 saturated heterocycles. The molecule has 0 unspecified atom stereocenters. The fraction of sp³-hybridized carbons (Fsp3) is 0.136. The maximum absolute atomic E-state index is 13.3. The second kappa shape index (κ2) is 8.87. The van der Waals surface area contributed by atoms with E-state index < -0.39 is 0 Å². The summed E-state index contributed by atoms with van der Waals surface area (Å²) in [6.45, 7) is 1.08. The third-order valence-corrected chi connectivity index (χ3v) is 5.45. The minimum absolute atomic E-state index is 0.0600. The van der Waals surface area contributed by atoms with Crippen LogP contribution in [-0.4, -0.2) is 34.1 Å². The van der Waals surface area contributed by atoms with E-state index in [1.54, 1.807) is 24.3 Å². The van der Waals surface area contributed by atoms with Crippen LogP contribution in [0.4, 0.5) is 10.2 Å². The predicted molar refractivity (Wildman–Crippen MR) is 116 cm³/mol. The van der Waals surface area contributed by atoms with E-state index in [1.165, 1.54) is 41.9 Å². The summed E-state index contributed by atoms with van der Waals surface area (Å²) in [5, 5.41) is 18.5. The minimum atomic E-state index is -0.277. The zero-order chi connectivity index (χ0) is 20.9. The standard InChI is InChI=1S/C22H19FN4O2S/c23-16-7-5-14(6-8-16)18-12-30-22-19(18)20(26-13-27-22)24-9-2-10-25-21(29)15-3-1-4-17(28)11-15/h1,3-8,11-13,28H,2,9-10H2,(H,25,29)(H,24,26,27). The van der Waals surface area contributed by atoms with Crippen molar-refractivity contribution in [2.75, 3.05) is 18.4 Å². The summed E-state index contributed by atoms with van der Waals surface area (Å²) in [4.78, 5) is 21.7. The number of phenols is 1. The number of carbonyl (C=O) groups is 1. The Kier molecular flexibility index (Phi) is 5.85. The molecule has 2 heterocycles. The zero-order valence-corrected chi connectivity index (χ0v) is 16.7. The van der Waals surface area contributed by atoms with E-state index in [-0.39, 0.29) is 17.5 Å². The number of nitrogens with zero attached hydrogens (tertiary/aromatic N) is 2. The summed E-state index contributed by atoms with van der Waals surface area (Å²) in [6, 6.07) is 12.6. The van der Waals surface area contributed by atoms with Crippen LogP contribution < -0.4 is 10.6 Å². The molecule has 30 heavy (non-hydrogen) atoms. The largest absolute Gasteiger partial charge is 0.508 e. The lowest BCUT2D eigenvalue weighted by atomic mass is 10.1. The second-order valence-corrected chi connectivity index (χ2v) is 7.50. The van der Waals surface area contributed by atoms with Gasteiger partial charge in [-0.3, -0.25) is 4.79 Å². The van der Waals surface area contributed by atoms with E-state index >= 15 is 0 Å². The maximum Gasteiger partial charge on any atom is 0.251 e.